The number of hydrogen-bond donors (Lipinski definition) is 0. The van der Waals surface area contributed by atoms with Gasteiger partial charge in [-0.1, -0.05) is 285 Å². The van der Waals surface area contributed by atoms with Crippen molar-refractivity contribution in [3.63, 3.8) is 0 Å². The van der Waals surface area contributed by atoms with Gasteiger partial charge in [0.25, 0.3) is 0 Å². The monoisotopic (exact) mass is 1270 g/mol. The first-order valence-electron chi connectivity index (χ1n) is 34.4. The van der Waals surface area contributed by atoms with Gasteiger partial charge in [0.2, 0.25) is 0 Å². The van der Waals surface area contributed by atoms with Crippen LogP contribution in [0.4, 0.5) is 0 Å². The fraction of sp³-hybridized carbons (Fsp3) is 0. The maximum atomic E-state index is 2.47. The molecule has 0 aliphatic rings. The van der Waals surface area contributed by atoms with E-state index in [0.717, 1.165) is 17.1 Å². The second kappa shape index (κ2) is 24.4. The Kier molecular flexibility index (Phi) is 14.2. The van der Waals surface area contributed by atoms with Crippen LogP contribution in [0.3, 0.4) is 0 Å². The summed E-state index contributed by atoms with van der Waals surface area (Å²) in [5, 5.41) is 10.1. The zero-order valence-corrected chi connectivity index (χ0v) is 54.7. The highest BCUT2D eigenvalue weighted by molar-refractivity contribution is 6.17. The van der Waals surface area contributed by atoms with Gasteiger partial charge < -0.3 is 18.3 Å². The number of aromatic nitrogens is 4. The third-order valence-corrected chi connectivity index (χ3v) is 20.2. The first-order valence-corrected chi connectivity index (χ1v) is 34.4. The molecule has 0 bridgehead atoms. The molecule has 0 aliphatic heterocycles. The highest BCUT2D eigenvalue weighted by Crippen LogP contribution is 2.45. The lowest BCUT2D eigenvalue weighted by atomic mass is 9.92. The molecule has 0 saturated carbocycles. The van der Waals surface area contributed by atoms with Crippen molar-refractivity contribution in [1.29, 1.82) is 0 Å². The molecule has 0 radical (unpaired) electrons. The molecule has 0 fully saturated rings. The van der Waals surface area contributed by atoms with Crippen LogP contribution in [0.2, 0.25) is 0 Å². The predicted octanol–water partition coefficient (Wildman–Crippen LogP) is 25.8. The number of para-hydroxylation sites is 6. The molecule has 0 aliphatic carbocycles. The zero-order chi connectivity index (χ0) is 66.0. The van der Waals surface area contributed by atoms with E-state index in [-0.39, 0.29) is 0 Å². The molecule has 100 heavy (non-hydrogen) atoms. The first kappa shape index (κ1) is 58.1. The molecule has 16 aromatic carbocycles. The molecule has 20 aromatic rings. The molecule has 0 saturated heterocycles. The molecular formula is C96H64N4. The molecule has 4 heterocycles. The Morgan fingerprint density at radius 2 is 0.480 bits per heavy atom. The fourth-order valence-corrected chi connectivity index (χ4v) is 15.8. The third-order valence-electron chi connectivity index (χ3n) is 20.2. The van der Waals surface area contributed by atoms with Crippen LogP contribution in [0.1, 0.15) is 0 Å². The summed E-state index contributed by atoms with van der Waals surface area (Å²) in [6, 6.07) is 141. The van der Waals surface area contributed by atoms with Crippen LogP contribution >= 0.6 is 0 Å². The molecule has 4 heteroatoms. The summed E-state index contributed by atoms with van der Waals surface area (Å²) in [5.74, 6) is 0. The molecule has 20 rings (SSSR count). The van der Waals surface area contributed by atoms with E-state index in [1.165, 1.54) is 160 Å². The lowest BCUT2D eigenvalue weighted by molar-refractivity contribution is 1.18. The average Bonchev–Trinajstić information content (AvgIpc) is 1.57. The van der Waals surface area contributed by atoms with E-state index in [4.69, 9.17) is 0 Å². The van der Waals surface area contributed by atoms with E-state index in [9.17, 15) is 0 Å². The van der Waals surface area contributed by atoms with Gasteiger partial charge in [-0.2, -0.15) is 0 Å². The molecule has 4 aromatic heterocycles. The van der Waals surface area contributed by atoms with Crippen molar-refractivity contribution in [2.24, 2.45) is 0 Å². The van der Waals surface area contributed by atoms with Crippen molar-refractivity contribution < 1.29 is 0 Å². The topological polar surface area (TPSA) is 19.7 Å². The summed E-state index contributed by atoms with van der Waals surface area (Å²) in [6.45, 7) is 0. The predicted molar refractivity (Wildman–Crippen MR) is 423 cm³/mol. The van der Waals surface area contributed by atoms with Gasteiger partial charge in [-0.3, -0.25) is 0 Å². The number of nitrogens with zero attached hydrogens (tertiary/aromatic N) is 4. The van der Waals surface area contributed by atoms with Crippen molar-refractivity contribution in [3.8, 4) is 89.5 Å². The normalized spacial score (nSPS) is 11.6. The number of fused-ring (bicyclic) bond motifs is 12. The van der Waals surface area contributed by atoms with Gasteiger partial charge in [-0.05, 0) is 164 Å². The van der Waals surface area contributed by atoms with Crippen LogP contribution < -0.4 is 0 Å². The molecule has 0 atom stereocenters. The van der Waals surface area contributed by atoms with Gasteiger partial charge in [0, 0.05) is 65.7 Å². The maximum absolute atomic E-state index is 2.47. The summed E-state index contributed by atoms with van der Waals surface area (Å²) in [4.78, 5) is 0. The number of rotatable bonds is 10. The molecular weight excluding hydrogens is 1210 g/mol. The Labute approximate surface area is 579 Å². The lowest BCUT2D eigenvalue weighted by Crippen LogP contribution is -1.99. The van der Waals surface area contributed by atoms with Gasteiger partial charge in [-0.15, -0.1) is 0 Å². The smallest absolute Gasteiger partial charge is 0.0547 e. The minimum atomic E-state index is 1.15. The lowest BCUT2D eigenvalue weighted by Gasteiger charge is -2.18. The zero-order valence-electron chi connectivity index (χ0n) is 54.7. The fourth-order valence-electron chi connectivity index (χ4n) is 15.8. The van der Waals surface area contributed by atoms with Crippen LogP contribution in [0, 0.1) is 0 Å². The molecule has 0 N–H and O–H groups in total. The Balaban J connectivity index is 0.000000139. The minimum absolute atomic E-state index is 1.15. The number of hydrogen-bond acceptors (Lipinski definition) is 0. The second-order valence-corrected chi connectivity index (χ2v) is 25.9. The molecule has 0 spiro atoms. The van der Waals surface area contributed by atoms with Crippen LogP contribution in [0.5, 0.6) is 0 Å². The maximum Gasteiger partial charge on any atom is 0.0547 e. The van der Waals surface area contributed by atoms with Gasteiger partial charge in [0.1, 0.15) is 0 Å². The Morgan fingerprint density at radius 1 is 0.150 bits per heavy atom. The number of benzene rings is 16. The summed E-state index contributed by atoms with van der Waals surface area (Å²) in [7, 11) is 0. The second-order valence-electron chi connectivity index (χ2n) is 25.9. The molecule has 4 nitrogen and oxygen atoms in total. The van der Waals surface area contributed by atoms with E-state index in [0.29, 0.717) is 0 Å². The summed E-state index contributed by atoms with van der Waals surface area (Å²) in [5.41, 5.74) is 28.8. The van der Waals surface area contributed by atoms with Gasteiger partial charge in [0.05, 0.1) is 49.8 Å². The molecule has 0 unspecified atom stereocenters. The van der Waals surface area contributed by atoms with Crippen LogP contribution in [-0.2, 0) is 0 Å². The Bertz CT molecular complexity index is 6310. The van der Waals surface area contributed by atoms with Gasteiger partial charge in [0.15, 0.2) is 0 Å². The standard InChI is InChI=1S/2C48H32N2/c1-3-15-33(16-4-1)37-22-13-27-45(47(37)35-17-5-2-6-18-35)50-44-26-12-9-21-41(44)48-38(23-14-28-46(48)50)34-29-31-36(32-30-34)49-42-24-10-7-19-39(42)40-20-8-11-25-43(40)49;1-3-13-33(14-4-1)37-29-38(34-15-5-2-6-16-34)31-40(30-37)50-47-22-12-9-19-43(47)44-32-36(25-28-48(44)50)35-23-26-39(27-24-35)49-45-20-10-7-17-41(45)42-18-8-11-21-46(42)49/h2*1-32H. The summed E-state index contributed by atoms with van der Waals surface area (Å²) < 4.78 is 9.65. The van der Waals surface area contributed by atoms with Gasteiger partial charge in [-0.25, -0.2) is 0 Å². The van der Waals surface area contributed by atoms with Crippen LogP contribution in [0.25, 0.3) is 177 Å². The highest BCUT2D eigenvalue weighted by atomic mass is 15.0. The average molecular weight is 1270 g/mol. The molecule has 0 amide bonds. The van der Waals surface area contributed by atoms with E-state index in [1.807, 2.05) is 0 Å². The SMILES string of the molecule is c1ccc(-c2cc(-c3ccccc3)cc(-n3c4ccccc4c4cc(-c5ccc(-n6c7ccccc7c7ccccc76)cc5)ccc43)c2)cc1.c1ccc(-c2cccc(-n3c4ccccc4c4c(-c5ccc(-n6c7ccccc7c7ccccc76)cc5)cccc43)c2-c2ccccc2)cc1. The Hall–Kier alpha value is -13.3. The van der Waals surface area contributed by atoms with Crippen LogP contribution in [0.15, 0.2) is 388 Å². The quantitative estimate of drug-likeness (QED) is 0.130. The van der Waals surface area contributed by atoms with Crippen molar-refractivity contribution >= 4 is 87.2 Å². The van der Waals surface area contributed by atoms with E-state index < -0.39 is 0 Å². The first-order chi connectivity index (χ1) is 49.6. The van der Waals surface area contributed by atoms with Crippen molar-refractivity contribution in [3.05, 3.63) is 388 Å². The Morgan fingerprint density at radius 3 is 0.970 bits per heavy atom. The van der Waals surface area contributed by atoms with E-state index in [2.05, 4.69) is 407 Å². The van der Waals surface area contributed by atoms with Crippen molar-refractivity contribution in [2.75, 3.05) is 0 Å². The van der Waals surface area contributed by atoms with Gasteiger partial charge >= 0.3 is 0 Å². The minimum Gasteiger partial charge on any atom is -0.309 e. The van der Waals surface area contributed by atoms with Crippen LogP contribution in [-0.4, -0.2) is 18.3 Å². The van der Waals surface area contributed by atoms with Crippen molar-refractivity contribution in [1.82, 2.24) is 18.3 Å². The summed E-state index contributed by atoms with van der Waals surface area (Å²) in [6.07, 6.45) is 0. The third kappa shape index (κ3) is 9.83. The largest absolute Gasteiger partial charge is 0.309 e. The van der Waals surface area contributed by atoms with Crippen molar-refractivity contribution in [2.45, 2.75) is 0 Å². The molecule has 468 valence electrons. The van der Waals surface area contributed by atoms with E-state index >= 15 is 0 Å². The summed E-state index contributed by atoms with van der Waals surface area (Å²) >= 11 is 0. The highest BCUT2D eigenvalue weighted by Gasteiger charge is 2.23. The van der Waals surface area contributed by atoms with E-state index in [1.54, 1.807) is 0 Å².